The zero-order chi connectivity index (χ0) is 14.8. The van der Waals surface area contributed by atoms with Crippen molar-refractivity contribution in [2.75, 3.05) is 25.5 Å². The van der Waals surface area contributed by atoms with Gasteiger partial charge in [-0.15, -0.1) is 0 Å². The normalized spacial score (nSPS) is 33.7. The minimum Gasteiger partial charge on any atom is -0.481 e. The lowest BCUT2D eigenvalue weighted by Gasteiger charge is -2.45. The molecule has 3 aliphatic rings. The molecule has 1 aliphatic carbocycles. The number of likely N-dealkylation sites (N-methyl/N-ethyl adjacent to an activating group) is 1. The van der Waals surface area contributed by atoms with Gasteiger partial charge in [0.05, 0.1) is 5.92 Å². The van der Waals surface area contributed by atoms with Gasteiger partial charge in [-0.1, -0.05) is 25.1 Å². The van der Waals surface area contributed by atoms with Crippen LogP contribution >= 0.6 is 0 Å². The van der Waals surface area contributed by atoms with Crippen LogP contribution in [0.25, 0.3) is 5.57 Å². The first kappa shape index (κ1) is 12.9. The molecule has 4 nitrogen and oxygen atoms in total. The molecule has 1 aromatic rings. The minimum atomic E-state index is -0.730. The Morgan fingerprint density at radius 3 is 3.05 bits per heavy atom. The number of rotatable bonds is 1. The molecule has 4 rings (SSSR count). The highest BCUT2D eigenvalue weighted by Gasteiger charge is 2.46. The van der Waals surface area contributed by atoms with E-state index in [0.717, 1.165) is 13.0 Å². The van der Waals surface area contributed by atoms with Gasteiger partial charge in [0.15, 0.2) is 0 Å². The van der Waals surface area contributed by atoms with E-state index in [2.05, 4.69) is 35.3 Å². The molecule has 0 amide bonds. The maximum atomic E-state index is 11.4. The lowest BCUT2D eigenvalue weighted by Crippen LogP contribution is -2.48. The first-order valence-corrected chi connectivity index (χ1v) is 7.52. The highest BCUT2D eigenvalue weighted by molar-refractivity contribution is 5.85. The van der Waals surface area contributed by atoms with E-state index in [0.29, 0.717) is 12.6 Å². The number of nitrogens with zero attached hydrogens (tertiary/aromatic N) is 1. The summed E-state index contributed by atoms with van der Waals surface area (Å²) in [5.74, 6) is -1.14. The van der Waals surface area contributed by atoms with E-state index in [1.54, 1.807) is 0 Å². The van der Waals surface area contributed by atoms with Crippen molar-refractivity contribution < 1.29 is 9.90 Å². The average molecular weight is 284 g/mol. The second-order valence-electron chi connectivity index (χ2n) is 6.87. The fraction of sp³-hybridized carbons (Fsp3) is 0.471. The Morgan fingerprint density at radius 1 is 1.48 bits per heavy atom. The maximum Gasteiger partial charge on any atom is 0.311 e. The third kappa shape index (κ3) is 1.69. The zero-order valence-corrected chi connectivity index (χ0v) is 12.4. The molecule has 2 heterocycles. The van der Waals surface area contributed by atoms with Crippen molar-refractivity contribution in [2.24, 2.45) is 5.92 Å². The van der Waals surface area contributed by atoms with Crippen LogP contribution in [-0.4, -0.2) is 42.2 Å². The molecule has 0 spiro atoms. The topological polar surface area (TPSA) is 52.6 Å². The molecule has 4 heteroatoms. The van der Waals surface area contributed by atoms with Crippen molar-refractivity contribution in [2.45, 2.75) is 24.8 Å². The second kappa shape index (κ2) is 4.10. The summed E-state index contributed by atoms with van der Waals surface area (Å²) in [6, 6.07) is 6.68. The largest absolute Gasteiger partial charge is 0.481 e. The first-order chi connectivity index (χ1) is 9.99. The van der Waals surface area contributed by atoms with E-state index < -0.39 is 11.9 Å². The molecule has 2 aliphatic heterocycles. The number of carbonyl (C=O) groups is 1. The monoisotopic (exact) mass is 284 g/mol. The molecule has 3 atom stereocenters. The van der Waals surface area contributed by atoms with Crippen LogP contribution in [0, 0.1) is 5.92 Å². The van der Waals surface area contributed by atoms with Crippen LogP contribution in [0.1, 0.15) is 24.5 Å². The molecule has 21 heavy (non-hydrogen) atoms. The fourth-order valence-electron chi connectivity index (χ4n) is 4.31. The molecule has 2 N–H and O–H groups in total. The van der Waals surface area contributed by atoms with Crippen LogP contribution in [0.5, 0.6) is 0 Å². The summed E-state index contributed by atoms with van der Waals surface area (Å²) in [7, 11) is 2.05. The highest BCUT2D eigenvalue weighted by atomic mass is 16.4. The van der Waals surface area contributed by atoms with E-state index in [1.165, 1.54) is 22.4 Å². The molecule has 0 fully saturated rings. The van der Waals surface area contributed by atoms with Gasteiger partial charge < -0.3 is 10.4 Å². The van der Waals surface area contributed by atoms with Crippen molar-refractivity contribution in [3.05, 3.63) is 35.4 Å². The van der Waals surface area contributed by atoms with Crippen LogP contribution in [0.3, 0.4) is 0 Å². The van der Waals surface area contributed by atoms with Gasteiger partial charge in [-0.25, -0.2) is 0 Å². The van der Waals surface area contributed by atoms with Gasteiger partial charge in [0.25, 0.3) is 0 Å². The number of carboxylic acid groups (broad SMARTS) is 1. The lowest BCUT2D eigenvalue weighted by molar-refractivity contribution is -0.140. The van der Waals surface area contributed by atoms with Gasteiger partial charge in [-0.3, -0.25) is 9.69 Å². The van der Waals surface area contributed by atoms with Gasteiger partial charge in [-0.05, 0) is 36.2 Å². The van der Waals surface area contributed by atoms with Gasteiger partial charge in [0, 0.05) is 30.2 Å². The Hall–Kier alpha value is -1.81. The van der Waals surface area contributed by atoms with E-state index in [4.69, 9.17) is 0 Å². The number of anilines is 1. The van der Waals surface area contributed by atoms with Gasteiger partial charge in [0.2, 0.25) is 0 Å². The van der Waals surface area contributed by atoms with Crippen molar-refractivity contribution in [1.82, 2.24) is 4.90 Å². The van der Waals surface area contributed by atoms with E-state index >= 15 is 0 Å². The Kier molecular flexibility index (Phi) is 2.52. The molecule has 0 bridgehead atoms. The molecule has 0 saturated carbocycles. The van der Waals surface area contributed by atoms with Crippen molar-refractivity contribution in [1.29, 1.82) is 0 Å². The number of aliphatic carboxylic acids is 1. The fourth-order valence-corrected chi connectivity index (χ4v) is 4.31. The summed E-state index contributed by atoms with van der Waals surface area (Å²) < 4.78 is 0. The predicted molar refractivity (Wildman–Crippen MR) is 82.4 cm³/mol. The number of carboxylic acids is 1. The Morgan fingerprint density at radius 2 is 2.29 bits per heavy atom. The smallest absolute Gasteiger partial charge is 0.311 e. The summed E-state index contributed by atoms with van der Waals surface area (Å²) in [6.45, 7) is 3.89. The van der Waals surface area contributed by atoms with E-state index in [1.807, 2.05) is 13.1 Å². The number of hydrogen-bond acceptors (Lipinski definition) is 3. The van der Waals surface area contributed by atoms with Crippen LogP contribution in [0.4, 0.5) is 5.69 Å². The van der Waals surface area contributed by atoms with Gasteiger partial charge in [0.1, 0.15) is 0 Å². The predicted octanol–water partition coefficient (Wildman–Crippen LogP) is 2.17. The number of benzene rings is 1. The van der Waals surface area contributed by atoms with Crippen LogP contribution in [0.2, 0.25) is 0 Å². The molecule has 1 aromatic carbocycles. The molecule has 0 aromatic heterocycles. The Balaban J connectivity index is 1.92. The SMILES string of the molecule is CN1C[C@H](C(=O)O)C=C2c3cccc4c3C(C)(CN4)C[C@H]21. The zero-order valence-electron chi connectivity index (χ0n) is 12.4. The molecule has 110 valence electrons. The summed E-state index contributed by atoms with van der Waals surface area (Å²) in [5.41, 5.74) is 5.20. The molecular weight excluding hydrogens is 264 g/mol. The van der Waals surface area contributed by atoms with Crippen LogP contribution < -0.4 is 5.32 Å². The van der Waals surface area contributed by atoms with Gasteiger partial charge >= 0.3 is 5.97 Å². The Labute approximate surface area is 124 Å². The molecular formula is C17H20N2O2. The molecule has 0 saturated heterocycles. The summed E-state index contributed by atoms with van der Waals surface area (Å²) in [5, 5.41) is 12.9. The first-order valence-electron chi connectivity index (χ1n) is 7.52. The number of fused-ring (bicyclic) bond motifs is 2. The van der Waals surface area contributed by atoms with E-state index in [-0.39, 0.29) is 5.41 Å². The van der Waals surface area contributed by atoms with Crippen LogP contribution in [-0.2, 0) is 10.2 Å². The van der Waals surface area contributed by atoms with Crippen molar-refractivity contribution in [3.63, 3.8) is 0 Å². The summed E-state index contributed by atoms with van der Waals surface area (Å²) in [4.78, 5) is 13.6. The van der Waals surface area contributed by atoms with Gasteiger partial charge in [-0.2, -0.15) is 0 Å². The maximum absolute atomic E-state index is 11.4. The van der Waals surface area contributed by atoms with Crippen LogP contribution in [0.15, 0.2) is 24.3 Å². The standard InChI is InChI=1S/C17H20N2O2/c1-17-7-14-12(6-10(16(20)21)8-19(14)2)11-4-3-5-13(15(11)17)18-9-17/h3-6,10,14,18H,7-9H2,1-2H3,(H,20,21)/t10-,14-,17?/m1/s1. The number of nitrogens with one attached hydrogen (secondary N) is 1. The second-order valence-corrected chi connectivity index (χ2v) is 6.87. The van der Waals surface area contributed by atoms with Crippen molar-refractivity contribution >= 4 is 17.2 Å². The number of hydrogen-bond donors (Lipinski definition) is 2. The van der Waals surface area contributed by atoms with Crippen molar-refractivity contribution in [3.8, 4) is 0 Å². The third-order valence-electron chi connectivity index (χ3n) is 5.37. The molecule has 0 radical (unpaired) electrons. The molecule has 1 unspecified atom stereocenters. The summed E-state index contributed by atoms with van der Waals surface area (Å²) >= 11 is 0. The minimum absolute atomic E-state index is 0.151. The quantitative estimate of drug-likeness (QED) is 0.830. The third-order valence-corrected chi connectivity index (χ3v) is 5.37. The lowest BCUT2D eigenvalue weighted by atomic mass is 9.67. The summed E-state index contributed by atoms with van der Waals surface area (Å²) in [6.07, 6.45) is 3.04. The highest BCUT2D eigenvalue weighted by Crippen LogP contribution is 2.51. The Bertz CT molecular complexity index is 667. The van der Waals surface area contributed by atoms with E-state index in [9.17, 15) is 9.90 Å². The average Bonchev–Trinajstić information content (AvgIpc) is 2.79.